The number of anilines is 1. The Bertz CT molecular complexity index is 852. The summed E-state index contributed by atoms with van der Waals surface area (Å²) >= 11 is 0. The Balaban J connectivity index is 1.76. The molecule has 1 amide bonds. The smallest absolute Gasteiger partial charge is 0.240 e. The average molecular weight is 336 g/mol. The number of carbonyl (C=O) groups is 1. The van der Waals surface area contributed by atoms with Crippen LogP contribution in [0.1, 0.15) is 18.2 Å². The highest BCUT2D eigenvalue weighted by Gasteiger charge is 2.07. The molecule has 3 aromatic rings. The Morgan fingerprint density at radius 1 is 1.16 bits per heavy atom. The number of nitrogens with one attached hydrogen (secondary N) is 2. The number of fused-ring (bicyclic) bond motifs is 1. The van der Waals surface area contributed by atoms with Crippen LogP contribution in [0.4, 0.5) is 5.69 Å². The molecule has 3 rings (SSSR count). The minimum absolute atomic E-state index is 0.221. The minimum Gasteiger partial charge on any atom is -0.379 e. The maximum Gasteiger partial charge on any atom is 0.240 e. The number of hydrogen-bond acceptors (Lipinski definition) is 5. The zero-order valence-corrected chi connectivity index (χ0v) is 14.0. The number of aromatic nitrogens is 2. The lowest BCUT2D eigenvalue weighted by Crippen LogP contribution is -2.21. The van der Waals surface area contributed by atoms with Crippen LogP contribution in [0.5, 0.6) is 0 Å². The number of carbonyl (C=O) groups excluding carboxylic acids is 1. The van der Waals surface area contributed by atoms with Gasteiger partial charge in [0.15, 0.2) is 0 Å². The van der Waals surface area contributed by atoms with Gasteiger partial charge in [-0.1, -0.05) is 30.3 Å². The molecule has 2 heterocycles. The molecule has 0 saturated heterocycles. The van der Waals surface area contributed by atoms with Crippen LogP contribution in [-0.4, -0.2) is 22.5 Å². The van der Waals surface area contributed by atoms with Crippen LogP contribution in [0.2, 0.25) is 0 Å². The van der Waals surface area contributed by atoms with Gasteiger partial charge in [-0.15, -0.1) is 0 Å². The van der Waals surface area contributed by atoms with Gasteiger partial charge in [0.2, 0.25) is 5.91 Å². The lowest BCUT2D eigenvalue weighted by atomic mass is 10.2. The van der Waals surface area contributed by atoms with Crippen LogP contribution in [0.25, 0.3) is 11.0 Å². The first-order valence-electron chi connectivity index (χ1n) is 8.13. The molecule has 25 heavy (non-hydrogen) atoms. The van der Waals surface area contributed by atoms with E-state index in [-0.39, 0.29) is 5.91 Å². The van der Waals surface area contributed by atoms with E-state index in [0.717, 1.165) is 22.4 Å². The fourth-order valence-electron chi connectivity index (χ4n) is 2.48. The van der Waals surface area contributed by atoms with E-state index in [2.05, 4.69) is 32.9 Å². The molecule has 2 N–H and O–H groups in total. The molecule has 0 aliphatic carbocycles. The third-order valence-electron chi connectivity index (χ3n) is 3.62. The number of hydroxylamine groups is 1. The molecule has 0 aliphatic heterocycles. The van der Waals surface area contributed by atoms with E-state index in [4.69, 9.17) is 4.84 Å². The summed E-state index contributed by atoms with van der Waals surface area (Å²) in [6.45, 7) is 2.47. The summed E-state index contributed by atoms with van der Waals surface area (Å²) in [5.74, 6) is -0.221. The maximum atomic E-state index is 10.8. The van der Waals surface area contributed by atoms with E-state index in [9.17, 15) is 4.79 Å². The molecule has 0 spiro atoms. The second-order valence-corrected chi connectivity index (χ2v) is 5.63. The Kier molecular flexibility index (Phi) is 5.53. The second-order valence-electron chi connectivity index (χ2n) is 5.63. The summed E-state index contributed by atoms with van der Waals surface area (Å²) in [7, 11) is 0. The van der Waals surface area contributed by atoms with Crippen LogP contribution < -0.4 is 10.8 Å². The third kappa shape index (κ3) is 4.74. The van der Waals surface area contributed by atoms with Crippen molar-refractivity contribution in [3.05, 3.63) is 66.0 Å². The van der Waals surface area contributed by atoms with Gasteiger partial charge in [0.05, 0.1) is 17.8 Å². The molecule has 0 bridgehead atoms. The first kappa shape index (κ1) is 16.9. The zero-order valence-electron chi connectivity index (χ0n) is 14.0. The average Bonchev–Trinajstić information content (AvgIpc) is 2.64. The van der Waals surface area contributed by atoms with Crippen molar-refractivity contribution in [3.8, 4) is 0 Å². The normalized spacial score (nSPS) is 10.6. The summed E-state index contributed by atoms with van der Waals surface area (Å²) in [6, 6.07) is 16.0. The predicted octanol–water partition coefficient (Wildman–Crippen LogP) is 2.85. The number of nitrogens with zero attached hydrogens (tertiary/aromatic N) is 2. The van der Waals surface area contributed by atoms with Crippen molar-refractivity contribution in [1.29, 1.82) is 0 Å². The van der Waals surface area contributed by atoms with E-state index in [1.807, 2.05) is 36.4 Å². The quantitative estimate of drug-likeness (QED) is 0.512. The molecular weight excluding hydrogens is 316 g/mol. The predicted molar refractivity (Wildman–Crippen MR) is 96.8 cm³/mol. The number of benzene rings is 1. The maximum absolute atomic E-state index is 10.8. The lowest BCUT2D eigenvalue weighted by molar-refractivity contribution is -0.131. The van der Waals surface area contributed by atoms with Gasteiger partial charge >= 0.3 is 0 Å². The molecule has 2 aromatic heterocycles. The Morgan fingerprint density at radius 3 is 2.80 bits per heavy atom. The van der Waals surface area contributed by atoms with Crippen molar-refractivity contribution in [2.45, 2.75) is 19.9 Å². The molecule has 0 fully saturated rings. The highest BCUT2D eigenvalue weighted by molar-refractivity contribution is 5.87. The van der Waals surface area contributed by atoms with Crippen molar-refractivity contribution < 1.29 is 9.63 Å². The standard InChI is InChI=1S/C19H20N4O2/c1-14(24)23-25-11-9-16-12-18(19-17(22-16)8-5-10-20-19)21-13-15-6-3-2-4-7-15/h2-8,10,12H,9,11,13H2,1H3,(H,21,22)(H,23,24). The van der Waals surface area contributed by atoms with E-state index in [1.54, 1.807) is 6.20 Å². The van der Waals surface area contributed by atoms with Crippen LogP contribution in [0.3, 0.4) is 0 Å². The van der Waals surface area contributed by atoms with Gasteiger partial charge in [0, 0.05) is 31.8 Å². The molecule has 1 aromatic carbocycles. The Hall–Kier alpha value is -2.99. The summed E-state index contributed by atoms with van der Waals surface area (Å²) in [5.41, 5.74) is 6.99. The van der Waals surface area contributed by atoms with Gasteiger partial charge in [-0.2, -0.15) is 0 Å². The van der Waals surface area contributed by atoms with E-state index >= 15 is 0 Å². The first-order valence-corrected chi connectivity index (χ1v) is 8.13. The Labute approximate surface area is 146 Å². The fraction of sp³-hybridized carbons (Fsp3) is 0.211. The van der Waals surface area contributed by atoms with Gasteiger partial charge in [-0.25, -0.2) is 5.48 Å². The topological polar surface area (TPSA) is 76.1 Å². The summed E-state index contributed by atoms with van der Waals surface area (Å²) < 4.78 is 0. The monoisotopic (exact) mass is 336 g/mol. The number of pyridine rings is 2. The molecule has 0 aliphatic rings. The van der Waals surface area contributed by atoms with Gasteiger partial charge < -0.3 is 5.32 Å². The zero-order chi connectivity index (χ0) is 17.5. The van der Waals surface area contributed by atoms with Crippen molar-refractivity contribution in [1.82, 2.24) is 15.4 Å². The summed E-state index contributed by atoms with van der Waals surface area (Å²) in [6.07, 6.45) is 2.35. The highest BCUT2D eigenvalue weighted by Crippen LogP contribution is 2.22. The van der Waals surface area contributed by atoms with Gasteiger partial charge in [0.25, 0.3) is 0 Å². The number of amides is 1. The third-order valence-corrected chi connectivity index (χ3v) is 3.62. The summed E-state index contributed by atoms with van der Waals surface area (Å²) in [5, 5.41) is 3.44. The number of hydrogen-bond donors (Lipinski definition) is 2. The largest absolute Gasteiger partial charge is 0.379 e. The lowest BCUT2D eigenvalue weighted by Gasteiger charge is -2.11. The van der Waals surface area contributed by atoms with Gasteiger partial charge in [-0.05, 0) is 23.8 Å². The highest BCUT2D eigenvalue weighted by atomic mass is 16.6. The molecule has 6 nitrogen and oxygen atoms in total. The SMILES string of the molecule is CC(=O)NOCCc1cc(NCc2ccccc2)c2ncccc2n1. The molecule has 128 valence electrons. The van der Waals surface area contributed by atoms with Crippen LogP contribution in [0, 0.1) is 0 Å². The molecular formula is C19H20N4O2. The fourth-order valence-corrected chi connectivity index (χ4v) is 2.48. The number of rotatable bonds is 7. The molecule has 6 heteroatoms. The van der Waals surface area contributed by atoms with Gasteiger partial charge in [-0.3, -0.25) is 19.6 Å². The van der Waals surface area contributed by atoms with Gasteiger partial charge in [0.1, 0.15) is 5.52 Å². The van der Waals surface area contributed by atoms with Crippen molar-refractivity contribution in [3.63, 3.8) is 0 Å². The van der Waals surface area contributed by atoms with E-state index in [0.29, 0.717) is 19.6 Å². The van der Waals surface area contributed by atoms with Crippen LogP contribution >= 0.6 is 0 Å². The van der Waals surface area contributed by atoms with E-state index in [1.165, 1.54) is 12.5 Å². The van der Waals surface area contributed by atoms with E-state index < -0.39 is 0 Å². The van der Waals surface area contributed by atoms with Crippen molar-refractivity contribution >= 4 is 22.6 Å². The Morgan fingerprint density at radius 2 is 2.00 bits per heavy atom. The molecule has 0 atom stereocenters. The molecule has 0 radical (unpaired) electrons. The van der Waals surface area contributed by atoms with Crippen molar-refractivity contribution in [2.75, 3.05) is 11.9 Å². The van der Waals surface area contributed by atoms with Crippen LogP contribution in [-0.2, 0) is 22.6 Å². The second kappa shape index (κ2) is 8.21. The first-order chi connectivity index (χ1) is 12.2. The molecule has 0 saturated carbocycles. The minimum atomic E-state index is -0.221. The molecule has 0 unspecified atom stereocenters. The van der Waals surface area contributed by atoms with Crippen LogP contribution in [0.15, 0.2) is 54.7 Å². The summed E-state index contributed by atoms with van der Waals surface area (Å²) in [4.78, 5) is 25.0. The van der Waals surface area contributed by atoms with Crippen molar-refractivity contribution in [2.24, 2.45) is 0 Å².